The molecule has 224 valence electrons. The lowest BCUT2D eigenvalue weighted by Crippen LogP contribution is -2.15. The molecule has 0 atom stereocenters. The van der Waals surface area contributed by atoms with Crippen molar-refractivity contribution in [2.75, 3.05) is 54.6 Å². The van der Waals surface area contributed by atoms with E-state index in [-0.39, 0.29) is 11.2 Å². The van der Waals surface area contributed by atoms with Crippen molar-refractivity contribution in [2.45, 2.75) is 51.9 Å². The Hall–Kier alpha value is -4.75. The summed E-state index contributed by atoms with van der Waals surface area (Å²) in [6, 6.07) is 11.1. The minimum Gasteiger partial charge on any atom is -0.497 e. The Labute approximate surface area is 244 Å². The molecule has 0 aliphatic rings. The van der Waals surface area contributed by atoms with Gasteiger partial charge in [0.2, 0.25) is 23.4 Å². The van der Waals surface area contributed by atoms with E-state index in [2.05, 4.69) is 65.6 Å². The number of unbranched alkanes of at least 4 members (excludes halogenated alkanes) is 4. The summed E-state index contributed by atoms with van der Waals surface area (Å²) < 4.78 is 9.94. The second kappa shape index (κ2) is 15.9. The molecule has 14 nitrogen and oxygen atoms in total. The zero-order valence-electron chi connectivity index (χ0n) is 24.1. The van der Waals surface area contributed by atoms with Gasteiger partial charge in [-0.05, 0) is 59.8 Å². The van der Waals surface area contributed by atoms with Gasteiger partial charge in [-0.2, -0.15) is 15.0 Å². The number of aromatic nitrogens is 5. The van der Waals surface area contributed by atoms with Gasteiger partial charge in [0.15, 0.2) is 5.52 Å². The number of fused-ring (bicyclic) bond motifs is 1. The van der Waals surface area contributed by atoms with E-state index in [0.717, 1.165) is 63.8 Å². The number of nitrogens with one attached hydrogen (secondary N) is 4. The molecular formula is C28H38N10O4. The SMILES string of the molecule is CCCCNc1nc(NCCCCCCNc2ccc([N+](=O)[O-])c3nonc23)nc(NCCc2ccc(OC)cc2)n1. The van der Waals surface area contributed by atoms with Crippen LogP contribution in [0.4, 0.5) is 29.2 Å². The van der Waals surface area contributed by atoms with Crippen LogP contribution in [0.5, 0.6) is 5.75 Å². The summed E-state index contributed by atoms with van der Waals surface area (Å²) in [6.45, 7) is 5.09. The van der Waals surface area contributed by atoms with Gasteiger partial charge in [-0.3, -0.25) is 10.1 Å². The number of non-ortho nitro benzene ring substituents is 1. The Morgan fingerprint density at radius 2 is 1.36 bits per heavy atom. The molecule has 0 bridgehead atoms. The van der Waals surface area contributed by atoms with Crippen LogP contribution in [0.15, 0.2) is 41.0 Å². The van der Waals surface area contributed by atoms with E-state index in [4.69, 9.17) is 9.37 Å². The highest BCUT2D eigenvalue weighted by molar-refractivity contribution is 5.93. The number of rotatable bonds is 19. The minimum atomic E-state index is -0.494. The normalized spacial score (nSPS) is 10.9. The molecule has 0 amide bonds. The van der Waals surface area contributed by atoms with Crippen LogP contribution in [0.2, 0.25) is 0 Å². The molecule has 4 aromatic rings. The van der Waals surface area contributed by atoms with E-state index in [1.165, 1.54) is 11.6 Å². The molecule has 2 aromatic heterocycles. The quantitative estimate of drug-likeness (QED) is 0.0642. The maximum Gasteiger partial charge on any atom is 0.300 e. The second-order valence-corrected chi connectivity index (χ2v) is 9.73. The first-order valence-electron chi connectivity index (χ1n) is 14.3. The predicted molar refractivity (Wildman–Crippen MR) is 162 cm³/mol. The number of hydrogen-bond acceptors (Lipinski definition) is 13. The largest absolute Gasteiger partial charge is 0.497 e. The van der Waals surface area contributed by atoms with Crippen LogP contribution in [0, 0.1) is 10.1 Å². The van der Waals surface area contributed by atoms with Gasteiger partial charge in [0.05, 0.1) is 17.7 Å². The van der Waals surface area contributed by atoms with E-state index in [1.54, 1.807) is 13.2 Å². The highest BCUT2D eigenvalue weighted by Gasteiger charge is 2.19. The van der Waals surface area contributed by atoms with Gasteiger partial charge in [-0.25, -0.2) is 4.63 Å². The first-order chi connectivity index (χ1) is 20.6. The van der Waals surface area contributed by atoms with Gasteiger partial charge >= 0.3 is 5.69 Å². The van der Waals surface area contributed by atoms with E-state index in [0.29, 0.717) is 42.1 Å². The first kappa shape index (κ1) is 30.2. The molecule has 14 heteroatoms. The number of methoxy groups -OCH3 is 1. The standard InChI is InChI=1S/C28H38N10O4/c1-3-4-16-30-26-33-27(35-28(34-26)32-19-15-20-9-11-21(41-2)12-10-20)31-18-8-6-5-7-17-29-22-13-14-23(38(39)40)25-24(22)36-42-37-25/h9-14,29H,3-8,15-19H2,1-2H3,(H3,30,31,32,33,34,35). The lowest BCUT2D eigenvalue weighted by molar-refractivity contribution is -0.383. The third-order valence-corrected chi connectivity index (χ3v) is 6.60. The highest BCUT2D eigenvalue weighted by atomic mass is 16.6. The Morgan fingerprint density at radius 1 is 0.762 bits per heavy atom. The van der Waals surface area contributed by atoms with Gasteiger partial charge < -0.3 is 26.0 Å². The number of ether oxygens (including phenoxy) is 1. The number of nitro groups is 1. The molecule has 4 N–H and O–H groups in total. The molecule has 0 saturated carbocycles. The lowest BCUT2D eigenvalue weighted by atomic mass is 10.1. The van der Waals surface area contributed by atoms with E-state index in [9.17, 15) is 10.1 Å². The van der Waals surface area contributed by atoms with Gasteiger partial charge in [0.25, 0.3) is 0 Å². The van der Waals surface area contributed by atoms with E-state index >= 15 is 0 Å². The number of nitrogens with zero attached hydrogens (tertiary/aromatic N) is 6. The molecule has 0 aliphatic heterocycles. The fraction of sp³-hybridized carbons (Fsp3) is 0.464. The van der Waals surface area contributed by atoms with Crippen molar-refractivity contribution in [1.29, 1.82) is 0 Å². The summed E-state index contributed by atoms with van der Waals surface area (Å²) in [5.74, 6) is 2.48. The maximum atomic E-state index is 11.1. The number of hydrogen-bond donors (Lipinski definition) is 4. The van der Waals surface area contributed by atoms with Crippen molar-refractivity contribution in [2.24, 2.45) is 0 Å². The zero-order chi connectivity index (χ0) is 29.6. The third kappa shape index (κ3) is 8.88. The van der Waals surface area contributed by atoms with E-state index < -0.39 is 4.92 Å². The van der Waals surface area contributed by atoms with Gasteiger partial charge in [0, 0.05) is 32.2 Å². The van der Waals surface area contributed by atoms with Crippen LogP contribution in [0.1, 0.15) is 51.0 Å². The summed E-state index contributed by atoms with van der Waals surface area (Å²) in [4.78, 5) is 24.3. The fourth-order valence-corrected chi connectivity index (χ4v) is 4.27. The molecule has 0 fully saturated rings. The van der Waals surface area contributed by atoms with Crippen LogP contribution in [-0.4, -0.2) is 63.5 Å². The Morgan fingerprint density at radius 3 is 1.98 bits per heavy atom. The Kier molecular flexibility index (Phi) is 11.4. The van der Waals surface area contributed by atoms with Crippen molar-refractivity contribution >= 4 is 40.3 Å². The summed E-state index contributed by atoms with van der Waals surface area (Å²) in [5.41, 5.74) is 2.26. The summed E-state index contributed by atoms with van der Waals surface area (Å²) in [6.07, 6.45) is 6.88. The third-order valence-electron chi connectivity index (χ3n) is 6.60. The molecule has 0 spiro atoms. The Bertz CT molecular complexity index is 1410. The fourth-order valence-electron chi connectivity index (χ4n) is 4.27. The van der Waals surface area contributed by atoms with Crippen molar-refractivity contribution in [1.82, 2.24) is 25.3 Å². The molecule has 0 unspecified atom stereocenters. The molecule has 2 aromatic carbocycles. The van der Waals surface area contributed by atoms with Crippen LogP contribution in [0.25, 0.3) is 11.0 Å². The zero-order valence-corrected chi connectivity index (χ0v) is 24.1. The maximum absolute atomic E-state index is 11.1. The van der Waals surface area contributed by atoms with E-state index in [1.807, 2.05) is 12.1 Å². The number of nitro benzene ring substituents is 1. The summed E-state index contributed by atoms with van der Waals surface area (Å²) in [5, 5.41) is 31.8. The van der Waals surface area contributed by atoms with Crippen molar-refractivity contribution in [3.63, 3.8) is 0 Å². The minimum absolute atomic E-state index is 0.122. The van der Waals surface area contributed by atoms with Crippen molar-refractivity contribution in [3.05, 3.63) is 52.1 Å². The first-order valence-corrected chi connectivity index (χ1v) is 14.3. The van der Waals surface area contributed by atoms with Crippen molar-refractivity contribution < 1.29 is 14.3 Å². The van der Waals surface area contributed by atoms with Crippen molar-refractivity contribution in [3.8, 4) is 5.75 Å². The second-order valence-electron chi connectivity index (χ2n) is 9.73. The highest BCUT2D eigenvalue weighted by Crippen LogP contribution is 2.28. The Balaban J connectivity index is 1.19. The summed E-state index contributed by atoms with van der Waals surface area (Å²) in [7, 11) is 1.66. The van der Waals surface area contributed by atoms with Gasteiger partial charge in [-0.15, -0.1) is 0 Å². The molecule has 2 heterocycles. The van der Waals surface area contributed by atoms with Gasteiger partial charge in [0.1, 0.15) is 5.75 Å². The monoisotopic (exact) mass is 578 g/mol. The number of benzene rings is 2. The topological polar surface area (TPSA) is 178 Å². The van der Waals surface area contributed by atoms with Crippen LogP contribution < -0.4 is 26.0 Å². The van der Waals surface area contributed by atoms with Gasteiger partial charge in [-0.1, -0.05) is 38.3 Å². The van der Waals surface area contributed by atoms with Crippen LogP contribution >= 0.6 is 0 Å². The number of anilines is 4. The average Bonchev–Trinajstić information content (AvgIpc) is 3.49. The molecular weight excluding hydrogens is 540 g/mol. The average molecular weight is 579 g/mol. The molecule has 0 radical (unpaired) electrons. The summed E-state index contributed by atoms with van der Waals surface area (Å²) >= 11 is 0. The molecule has 42 heavy (non-hydrogen) atoms. The van der Waals surface area contributed by atoms with Crippen LogP contribution in [0.3, 0.4) is 0 Å². The smallest absolute Gasteiger partial charge is 0.300 e. The molecule has 0 aliphatic carbocycles. The van der Waals surface area contributed by atoms with Crippen LogP contribution in [-0.2, 0) is 6.42 Å². The molecule has 4 rings (SSSR count). The predicted octanol–water partition coefficient (Wildman–Crippen LogP) is 5.28. The lowest BCUT2D eigenvalue weighted by Gasteiger charge is -2.11. The molecule has 0 saturated heterocycles.